The van der Waals surface area contributed by atoms with E-state index in [-0.39, 0.29) is 24.9 Å². The van der Waals surface area contributed by atoms with Gasteiger partial charge in [-0.3, -0.25) is 4.79 Å². The molecule has 1 fully saturated rings. The summed E-state index contributed by atoms with van der Waals surface area (Å²) >= 11 is 0. The first-order chi connectivity index (χ1) is 10.3. The molecule has 5 heteroatoms. The molecule has 0 aromatic heterocycles. The van der Waals surface area contributed by atoms with E-state index in [9.17, 15) is 4.79 Å². The quantitative estimate of drug-likeness (QED) is 0.941. The maximum Gasteiger partial charge on any atom is 0.260 e. The summed E-state index contributed by atoms with van der Waals surface area (Å²) in [6, 6.07) is 13.9. The van der Waals surface area contributed by atoms with Crippen LogP contribution in [0, 0.1) is 5.92 Å². The smallest absolute Gasteiger partial charge is 0.260 e. The number of hydrogen-bond acceptors (Lipinski definition) is 3. The molecule has 0 radical (unpaired) electrons. The van der Waals surface area contributed by atoms with E-state index in [2.05, 4.69) is 0 Å². The molecule has 0 bridgehead atoms. The van der Waals surface area contributed by atoms with E-state index in [0.717, 1.165) is 36.0 Å². The van der Waals surface area contributed by atoms with Crippen LogP contribution in [0.25, 0.3) is 10.8 Å². The lowest BCUT2D eigenvalue weighted by molar-refractivity contribution is -0.132. The number of carbonyl (C=O) groups is 1. The first-order valence-electron chi connectivity index (χ1n) is 7.36. The third-order valence-corrected chi connectivity index (χ3v) is 4.07. The Labute approximate surface area is 136 Å². The zero-order valence-electron chi connectivity index (χ0n) is 12.4. The summed E-state index contributed by atoms with van der Waals surface area (Å²) in [5, 5.41) is 2.15. The third-order valence-electron chi connectivity index (χ3n) is 4.07. The largest absolute Gasteiger partial charge is 0.483 e. The van der Waals surface area contributed by atoms with Crippen molar-refractivity contribution < 1.29 is 9.53 Å². The summed E-state index contributed by atoms with van der Waals surface area (Å²) in [6.45, 7) is 2.28. The van der Waals surface area contributed by atoms with Crippen molar-refractivity contribution in [1.82, 2.24) is 4.90 Å². The standard InChI is InChI=1S/C17H20N2O2.ClH/c18-10-13-8-9-19(11-13)17(20)12-21-16-7-3-5-14-4-1-2-6-15(14)16;/h1-7,13H,8-12,18H2;1H. The molecule has 2 N–H and O–H groups in total. The summed E-state index contributed by atoms with van der Waals surface area (Å²) in [4.78, 5) is 14.0. The number of rotatable bonds is 4. The maximum atomic E-state index is 12.2. The van der Waals surface area contributed by atoms with E-state index in [1.54, 1.807) is 0 Å². The number of halogens is 1. The van der Waals surface area contributed by atoms with Gasteiger partial charge in [-0.15, -0.1) is 12.4 Å². The van der Waals surface area contributed by atoms with Crippen LogP contribution in [0.2, 0.25) is 0 Å². The van der Waals surface area contributed by atoms with Gasteiger partial charge in [-0.2, -0.15) is 0 Å². The normalized spacial score (nSPS) is 17.3. The average Bonchev–Trinajstić information content (AvgIpc) is 3.01. The topological polar surface area (TPSA) is 55.6 Å². The second-order valence-electron chi connectivity index (χ2n) is 5.50. The zero-order valence-corrected chi connectivity index (χ0v) is 13.2. The Morgan fingerprint density at radius 3 is 2.77 bits per heavy atom. The maximum absolute atomic E-state index is 12.2. The number of amides is 1. The van der Waals surface area contributed by atoms with Crippen LogP contribution in [0.15, 0.2) is 42.5 Å². The molecule has 0 spiro atoms. The van der Waals surface area contributed by atoms with Crippen LogP contribution in [0.1, 0.15) is 6.42 Å². The highest BCUT2D eigenvalue weighted by molar-refractivity contribution is 5.88. The molecule has 22 heavy (non-hydrogen) atoms. The molecule has 1 heterocycles. The number of hydrogen-bond donors (Lipinski definition) is 1. The van der Waals surface area contributed by atoms with Crippen molar-refractivity contribution in [2.45, 2.75) is 6.42 Å². The number of likely N-dealkylation sites (tertiary alicyclic amines) is 1. The fourth-order valence-corrected chi connectivity index (χ4v) is 2.80. The fraction of sp³-hybridized carbons (Fsp3) is 0.353. The van der Waals surface area contributed by atoms with Crippen LogP contribution in [0.3, 0.4) is 0 Å². The third kappa shape index (κ3) is 3.51. The molecule has 3 rings (SSSR count). The fourth-order valence-electron chi connectivity index (χ4n) is 2.80. The van der Waals surface area contributed by atoms with Gasteiger partial charge in [0.05, 0.1) is 0 Å². The van der Waals surface area contributed by atoms with Gasteiger partial charge >= 0.3 is 0 Å². The highest BCUT2D eigenvalue weighted by atomic mass is 35.5. The lowest BCUT2D eigenvalue weighted by Gasteiger charge is -2.17. The van der Waals surface area contributed by atoms with Crippen LogP contribution in [0.5, 0.6) is 5.75 Å². The van der Waals surface area contributed by atoms with Crippen molar-refractivity contribution in [3.05, 3.63) is 42.5 Å². The lowest BCUT2D eigenvalue weighted by atomic mass is 10.1. The molecule has 1 aliphatic heterocycles. The van der Waals surface area contributed by atoms with Gasteiger partial charge in [0.25, 0.3) is 5.91 Å². The molecule has 2 aromatic rings. The van der Waals surface area contributed by atoms with E-state index in [4.69, 9.17) is 10.5 Å². The van der Waals surface area contributed by atoms with Crippen LogP contribution in [0.4, 0.5) is 0 Å². The molecule has 0 aliphatic carbocycles. The minimum absolute atomic E-state index is 0. The molecule has 1 unspecified atom stereocenters. The van der Waals surface area contributed by atoms with Gasteiger partial charge in [-0.05, 0) is 30.3 Å². The molecule has 0 saturated carbocycles. The molecule has 2 aromatic carbocycles. The SMILES string of the molecule is Cl.NCC1CCN(C(=O)COc2cccc3ccccc23)C1. The van der Waals surface area contributed by atoms with E-state index in [0.29, 0.717) is 12.5 Å². The average molecular weight is 321 g/mol. The lowest BCUT2D eigenvalue weighted by Crippen LogP contribution is -2.33. The number of nitrogens with two attached hydrogens (primary N) is 1. The summed E-state index contributed by atoms with van der Waals surface area (Å²) < 4.78 is 5.74. The second-order valence-corrected chi connectivity index (χ2v) is 5.50. The first-order valence-corrected chi connectivity index (χ1v) is 7.36. The van der Waals surface area contributed by atoms with E-state index >= 15 is 0 Å². The van der Waals surface area contributed by atoms with Crippen molar-refractivity contribution in [2.75, 3.05) is 26.2 Å². The Hall–Kier alpha value is -1.78. The predicted molar refractivity (Wildman–Crippen MR) is 90.4 cm³/mol. The Morgan fingerprint density at radius 1 is 1.23 bits per heavy atom. The van der Waals surface area contributed by atoms with Gasteiger partial charge in [0, 0.05) is 18.5 Å². The number of fused-ring (bicyclic) bond motifs is 1. The van der Waals surface area contributed by atoms with Crippen LogP contribution >= 0.6 is 12.4 Å². The summed E-state index contributed by atoms with van der Waals surface area (Å²) in [5.74, 6) is 1.24. The van der Waals surface area contributed by atoms with Crippen molar-refractivity contribution in [3.63, 3.8) is 0 Å². The summed E-state index contributed by atoms with van der Waals surface area (Å²) in [6.07, 6.45) is 0.997. The Kier molecular flexibility index (Phi) is 5.63. The molecule has 4 nitrogen and oxygen atoms in total. The molecule has 1 aliphatic rings. The first kappa shape index (κ1) is 16.6. The Morgan fingerprint density at radius 2 is 2.00 bits per heavy atom. The monoisotopic (exact) mass is 320 g/mol. The number of nitrogens with zero attached hydrogens (tertiary/aromatic N) is 1. The highest BCUT2D eigenvalue weighted by Crippen LogP contribution is 2.25. The van der Waals surface area contributed by atoms with Gasteiger partial charge in [0.15, 0.2) is 6.61 Å². The van der Waals surface area contributed by atoms with Crippen LogP contribution < -0.4 is 10.5 Å². The van der Waals surface area contributed by atoms with E-state index in [1.165, 1.54) is 0 Å². The van der Waals surface area contributed by atoms with Crippen molar-refractivity contribution >= 4 is 29.1 Å². The molecular formula is C17H21ClN2O2. The molecule has 1 saturated heterocycles. The van der Waals surface area contributed by atoms with E-state index in [1.807, 2.05) is 47.4 Å². The predicted octanol–water partition coefficient (Wildman–Crippen LogP) is 2.45. The Bertz CT molecular complexity index is 642. The van der Waals surface area contributed by atoms with Gasteiger partial charge in [0.1, 0.15) is 5.75 Å². The minimum atomic E-state index is 0. The van der Waals surface area contributed by atoms with Crippen molar-refractivity contribution in [2.24, 2.45) is 11.7 Å². The van der Waals surface area contributed by atoms with Gasteiger partial charge in [-0.25, -0.2) is 0 Å². The summed E-state index contributed by atoms with van der Waals surface area (Å²) in [5.41, 5.74) is 5.65. The van der Waals surface area contributed by atoms with Crippen molar-refractivity contribution in [3.8, 4) is 5.75 Å². The molecule has 118 valence electrons. The van der Waals surface area contributed by atoms with Gasteiger partial charge < -0.3 is 15.4 Å². The van der Waals surface area contributed by atoms with Crippen LogP contribution in [-0.2, 0) is 4.79 Å². The van der Waals surface area contributed by atoms with E-state index < -0.39 is 0 Å². The minimum Gasteiger partial charge on any atom is -0.483 e. The number of ether oxygens (including phenoxy) is 1. The summed E-state index contributed by atoms with van der Waals surface area (Å²) in [7, 11) is 0. The van der Waals surface area contributed by atoms with Gasteiger partial charge in [-0.1, -0.05) is 36.4 Å². The molecule has 1 atom stereocenters. The Balaban J connectivity index is 0.00000176. The number of carbonyl (C=O) groups excluding carboxylic acids is 1. The molecule has 1 amide bonds. The number of benzene rings is 2. The van der Waals surface area contributed by atoms with Crippen molar-refractivity contribution in [1.29, 1.82) is 0 Å². The van der Waals surface area contributed by atoms with Gasteiger partial charge in [0.2, 0.25) is 0 Å². The highest BCUT2D eigenvalue weighted by Gasteiger charge is 2.25. The van der Waals surface area contributed by atoms with Crippen LogP contribution in [-0.4, -0.2) is 37.0 Å². The zero-order chi connectivity index (χ0) is 14.7. The second kappa shape index (κ2) is 7.47. The molecular weight excluding hydrogens is 300 g/mol.